The maximum atomic E-state index is 12.1. The van der Waals surface area contributed by atoms with Gasteiger partial charge in [-0.2, -0.15) is 0 Å². The Morgan fingerprint density at radius 1 is 1.38 bits per heavy atom. The summed E-state index contributed by atoms with van der Waals surface area (Å²) in [6.45, 7) is 7.95. The normalized spacial score (nSPS) is 15.6. The number of hydrogen-bond acceptors (Lipinski definition) is 3. The van der Waals surface area contributed by atoms with E-state index in [9.17, 15) is 4.79 Å². The molecular formula is C17H20N2O2. The number of hydrogen-bond donors (Lipinski definition) is 1. The van der Waals surface area contributed by atoms with Gasteiger partial charge in [0.05, 0.1) is 11.3 Å². The van der Waals surface area contributed by atoms with Gasteiger partial charge < -0.3 is 9.72 Å². The molecule has 3 rings (SSSR count). The minimum Gasteiger partial charge on any atom is -0.486 e. The summed E-state index contributed by atoms with van der Waals surface area (Å²) in [5.74, 6) is 1.44. The molecular weight excluding hydrogens is 264 g/mol. The van der Waals surface area contributed by atoms with Gasteiger partial charge in [0.15, 0.2) is 0 Å². The van der Waals surface area contributed by atoms with Gasteiger partial charge in [-0.3, -0.25) is 4.79 Å². The van der Waals surface area contributed by atoms with E-state index in [1.54, 1.807) is 0 Å². The first kappa shape index (κ1) is 13.9. The van der Waals surface area contributed by atoms with Crippen molar-refractivity contribution in [1.82, 2.24) is 9.97 Å². The second-order valence-corrected chi connectivity index (χ2v) is 6.17. The van der Waals surface area contributed by atoms with E-state index in [2.05, 4.69) is 29.9 Å². The number of benzene rings is 1. The van der Waals surface area contributed by atoms with E-state index < -0.39 is 0 Å². The standard InChI is InChI=1S/C17H20N2O2/c1-5-13-10(2)16(20)19-15(18-13)12-8-6-7-11-9-17(3,4)21-14(11)12/h6-8H,5,9H2,1-4H3,(H,18,19,20). The van der Waals surface area contributed by atoms with Crippen LogP contribution in [0, 0.1) is 6.92 Å². The zero-order valence-corrected chi connectivity index (χ0v) is 12.9. The molecule has 1 aromatic carbocycles. The topological polar surface area (TPSA) is 55.0 Å². The van der Waals surface area contributed by atoms with Crippen molar-refractivity contribution in [1.29, 1.82) is 0 Å². The van der Waals surface area contributed by atoms with Gasteiger partial charge in [0.2, 0.25) is 0 Å². The Hall–Kier alpha value is -2.10. The molecule has 4 heteroatoms. The first-order chi connectivity index (χ1) is 9.91. The molecule has 1 aliphatic rings. The van der Waals surface area contributed by atoms with E-state index in [-0.39, 0.29) is 11.2 Å². The van der Waals surface area contributed by atoms with Crippen LogP contribution < -0.4 is 10.3 Å². The van der Waals surface area contributed by atoms with E-state index in [1.807, 2.05) is 26.0 Å². The lowest BCUT2D eigenvalue weighted by atomic mass is 10.0. The van der Waals surface area contributed by atoms with Crippen molar-refractivity contribution in [2.45, 2.75) is 46.1 Å². The number of H-pyrrole nitrogens is 1. The molecule has 1 aromatic heterocycles. The van der Waals surface area contributed by atoms with Crippen LogP contribution in [-0.2, 0) is 12.8 Å². The summed E-state index contributed by atoms with van der Waals surface area (Å²) in [5, 5.41) is 0. The molecule has 4 nitrogen and oxygen atoms in total. The van der Waals surface area contributed by atoms with Gasteiger partial charge in [-0.25, -0.2) is 4.98 Å². The van der Waals surface area contributed by atoms with Crippen LogP contribution in [0.3, 0.4) is 0 Å². The molecule has 0 bridgehead atoms. The summed E-state index contributed by atoms with van der Waals surface area (Å²) in [6.07, 6.45) is 1.61. The van der Waals surface area contributed by atoms with Crippen LogP contribution in [0.1, 0.15) is 37.6 Å². The third-order valence-corrected chi connectivity index (χ3v) is 3.93. The van der Waals surface area contributed by atoms with Crippen molar-refractivity contribution in [3.8, 4) is 17.1 Å². The van der Waals surface area contributed by atoms with Gasteiger partial charge in [-0.1, -0.05) is 19.1 Å². The van der Waals surface area contributed by atoms with E-state index in [0.717, 1.165) is 29.8 Å². The molecule has 0 amide bonds. The number of rotatable bonds is 2. The lowest BCUT2D eigenvalue weighted by Crippen LogP contribution is -2.24. The maximum Gasteiger partial charge on any atom is 0.254 e. The van der Waals surface area contributed by atoms with Gasteiger partial charge in [0.1, 0.15) is 17.2 Å². The highest BCUT2D eigenvalue weighted by Crippen LogP contribution is 2.41. The zero-order valence-electron chi connectivity index (χ0n) is 12.9. The molecule has 0 atom stereocenters. The molecule has 0 saturated carbocycles. The lowest BCUT2D eigenvalue weighted by molar-refractivity contribution is 0.139. The third kappa shape index (κ3) is 2.35. The number of nitrogens with one attached hydrogen (secondary N) is 1. The highest BCUT2D eigenvalue weighted by atomic mass is 16.5. The summed E-state index contributed by atoms with van der Waals surface area (Å²) >= 11 is 0. The average Bonchev–Trinajstić information content (AvgIpc) is 2.75. The van der Waals surface area contributed by atoms with Crippen LogP contribution in [0.4, 0.5) is 0 Å². The molecule has 0 unspecified atom stereocenters. The number of aryl methyl sites for hydroxylation is 1. The Morgan fingerprint density at radius 3 is 2.86 bits per heavy atom. The van der Waals surface area contributed by atoms with Crippen LogP contribution >= 0.6 is 0 Å². The second kappa shape index (κ2) is 4.72. The quantitative estimate of drug-likeness (QED) is 0.922. The largest absolute Gasteiger partial charge is 0.486 e. The minimum atomic E-state index is -0.211. The van der Waals surface area contributed by atoms with E-state index in [1.165, 1.54) is 5.56 Å². The first-order valence-corrected chi connectivity index (χ1v) is 7.32. The molecule has 1 aliphatic heterocycles. The van der Waals surface area contributed by atoms with Gasteiger partial charge in [0.25, 0.3) is 5.56 Å². The lowest BCUT2D eigenvalue weighted by Gasteiger charge is -2.18. The summed E-state index contributed by atoms with van der Waals surface area (Å²) in [5.41, 5.74) is 3.27. The first-order valence-electron chi connectivity index (χ1n) is 7.32. The zero-order chi connectivity index (χ0) is 15.2. The molecule has 0 saturated heterocycles. The van der Waals surface area contributed by atoms with Crippen molar-refractivity contribution in [2.75, 3.05) is 0 Å². The highest BCUT2D eigenvalue weighted by Gasteiger charge is 2.32. The van der Waals surface area contributed by atoms with Crippen LogP contribution in [0.15, 0.2) is 23.0 Å². The number of ether oxygens (including phenoxy) is 1. The molecule has 1 N–H and O–H groups in total. The fraction of sp³-hybridized carbons (Fsp3) is 0.412. The van der Waals surface area contributed by atoms with Crippen LogP contribution in [0.25, 0.3) is 11.4 Å². The number of aromatic amines is 1. The number of para-hydroxylation sites is 1. The van der Waals surface area contributed by atoms with Crippen molar-refractivity contribution in [2.24, 2.45) is 0 Å². The Balaban J connectivity index is 2.18. The average molecular weight is 284 g/mol. The van der Waals surface area contributed by atoms with E-state index >= 15 is 0 Å². The molecule has 2 aromatic rings. The van der Waals surface area contributed by atoms with E-state index in [0.29, 0.717) is 11.4 Å². The van der Waals surface area contributed by atoms with Crippen LogP contribution in [0.2, 0.25) is 0 Å². The highest BCUT2D eigenvalue weighted by molar-refractivity contribution is 5.68. The maximum absolute atomic E-state index is 12.1. The van der Waals surface area contributed by atoms with Crippen molar-refractivity contribution >= 4 is 0 Å². The number of nitrogens with zero attached hydrogens (tertiary/aromatic N) is 1. The molecule has 0 spiro atoms. The predicted octanol–water partition coefficient (Wildman–Crippen LogP) is 3.02. The van der Waals surface area contributed by atoms with Gasteiger partial charge >= 0.3 is 0 Å². The second-order valence-electron chi connectivity index (χ2n) is 6.17. The number of fused-ring (bicyclic) bond motifs is 1. The Bertz CT molecular complexity index is 760. The minimum absolute atomic E-state index is 0.0771. The van der Waals surface area contributed by atoms with Crippen molar-refractivity contribution in [3.05, 3.63) is 45.4 Å². The molecule has 0 radical (unpaired) electrons. The van der Waals surface area contributed by atoms with Crippen molar-refractivity contribution in [3.63, 3.8) is 0 Å². The summed E-state index contributed by atoms with van der Waals surface area (Å²) < 4.78 is 6.06. The summed E-state index contributed by atoms with van der Waals surface area (Å²) in [4.78, 5) is 19.6. The Morgan fingerprint density at radius 2 is 2.14 bits per heavy atom. The number of aromatic nitrogens is 2. The fourth-order valence-corrected chi connectivity index (χ4v) is 2.85. The smallest absolute Gasteiger partial charge is 0.254 e. The molecule has 110 valence electrons. The molecule has 0 fully saturated rings. The van der Waals surface area contributed by atoms with Crippen molar-refractivity contribution < 1.29 is 4.74 Å². The van der Waals surface area contributed by atoms with E-state index in [4.69, 9.17) is 4.74 Å². The van der Waals surface area contributed by atoms with Crippen LogP contribution in [0.5, 0.6) is 5.75 Å². The van der Waals surface area contributed by atoms with Gasteiger partial charge in [0, 0.05) is 12.0 Å². The van der Waals surface area contributed by atoms with Crippen LogP contribution in [-0.4, -0.2) is 15.6 Å². The molecule has 21 heavy (non-hydrogen) atoms. The Labute approximate surface area is 124 Å². The molecule has 0 aliphatic carbocycles. The summed E-state index contributed by atoms with van der Waals surface area (Å²) in [6, 6.07) is 6.01. The SMILES string of the molecule is CCc1nc(-c2cccc3c2OC(C)(C)C3)[nH]c(=O)c1C. The monoisotopic (exact) mass is 284 g/mol. The Kier molecular flexibility index (Phi) is 3.12. The van der Waals surface area contributed by atoms with Gasteiger partial charge in [-0.05, 0) is 38.8 Å². The molecule has 2 heterocycles. The summed E-state index contributed by atoms with van der Waals surface area (Å²) in [7, 11) is 0. The van der Waals surface area contributed by atoms with Gasteiger partial charge in [-0.15, -0.1) is 0 Å². The third-order valence-electron chi connectivity index (χ3n) is 3.93. The predicted molar refractivity (Wildman–Crippen MR) is 82.8 cm³/mol. The fourth-order valence-electron chi connectivity index (χ4n) is 2.85.